The van der Waals surface area contributed by atoms with Gasteiger partial charge >= 0.3 is 11.7 Å². The zero-order valence-electron chi connectivity index (χ0n) is 23.1. The Kier molecular flexibility index (Phi) is 7.37. The van der Waals surface area contributed by atoms with E-state index in [9.17, 15) is 14.4 Å². The van der Waals surface area contributed by atoms with Crippen LogP contribution in [0.4, 0.5) is 10.6 Å². The fourth-order valence-corrected chi connectivity index (χ4v) is 6.76. The molecule has 3 heterocycles. The third kappa shape index (κ3) is 5.37. The molecule has 5 N–H and O–H groups in total. The third-order valence-electron chi connectivity index (χ3n) is 9.48. The van der Waals surface area contributed by atoms with Crippen LogP contribution in [-0.4, -0.2) is 94.1 Å². The molecular weight excluding hydrogens is 508 g/mol. The van der Waals surface area contributed by atoms with Crippen molar-refractivity contribution in [1.29, 1.82) is 0 Å². The zero-order valence-corrected chi connectivity index (χ0v) is 23.1. The topological polar surface area (TPSA) is 143 Å². The van der Waals surface area contributed by atoms with E-state index in [0.29, 0.717) is 32.2 Å². The number of urea groups is 1. The van der Waals surface area contributed by atoms with Crippen LogP contribution in [-0.2, 0) is 11.2 Å². The number of carbonyl (C=O) groups excluding carboxylic acids is 2. The highest BCUT2D eigenvalue weighted by atomic mass is 16.2. The van der Waals surface area contributed by atoms with Gasteiger partial charge in [0.2, 0.25) is 5.91 Å². The van der Waals surface area contributed by atoms with Gasteiger partial charge in [0.1, 0.15) is 5.82 Å². The van der Waals surface area contributed by atoms with Gasteiger partial charge in [-0.1, -0.05) is 12.1 Å². The minimum atomic E-state index is -0.459. The first-order valence-electron chi connectivity index (χ1n) is 14.5. The summed E-state index contributed by atoms with van der Waals surface area (Å²) in [5, 5.41) is 2.73. The number of nitrogens with one attached hydrogen (secondary N) is 1. The van der Waals surface area contributed by atoms with Gasteiger partial charge in [0.05, 0.1) is 5.69 Å². The number of piperidine rings is 1. The van der Waals surface area contributed by atoms with E-state index in [1.54, 1.807) is 17.2 Å². The number of amides is 3. The number of hydrogen-bond acceptors (Lipinski definition) is 7. The minimum absolute atomic E-state index is 0.0243. The predicted octanol–water partition coefficient (Wildman–Crippen LogP) is 0.713. The molecule has 11 heteroatoms. The molecule has 4 aliphatic rings. The fraction of sp³-hybridized carbons (Fsp3) is 0.586. The highest BCUT2D eigenvalue weighted by molar-refractivity contribution is 5.88. The van der Waals surface area contributed by atoms with Gasteiger partial charge in [0, 0.05) is 63.5 Å². The normalized spacial score (nSPS) is 28.5. The number of rotatable bonds is 7. The molecule has 3 amide bonds. The van der Waals surface area contributed by atoms with Gasteiger partial charge in [0.15, 0.2) is 0 Å². The van der Waals surface area contributed by atoms with Crippen molar-refractivity contribution in [2.75, 3.05) is 51.1 Å². The lowest BCUT2D eigenvalue weighted by molar-refractivity contribution is -0.140. The van der Waals surface area contributed by atoms with Crippen molar-refractivity contribution in [3.8, 4) is 5.69 Å². The molecule has 2 saturated carbocycles. The Bertz CT molecular complexity index is 1290. The van der Waals surface area contributed by atoms with Gasteiger partial charge in [-0.25, -0.2) is 9.59 Å². The summed E-state index contributed by atoms with van der Waals surface area (Å²) < 4.78 is 1.47. The Morgan fingerprint density at radius 1 is 1.02 bits per heavy atom. The van der Waals surface area contributed by atoms with Gasteiger partial charge in [-0.3, -0.25) is 19.6 Å². The molecular formula is C29H40N8O3. The number of carbonyl (C=O) groups is 2. The molecule has 1 unspecified atom stereocenters. The van der Waals surface area contributed by atoms with E-state index in [4.69, 9.17) is 11.5 Å². The standard InChI is InChI=1S/C29H40N8O3/c1-18(36-16-24-23(15-30)25(24)17-36)12-19-2-4-22(5-3-19)37-7-6-26(33-29(37)40)32-28(39)35-10-8-34(9-11-35)27(38)20-13-21(31)14-20/h2-7,18,20-21,23-25H,8-17,30-31H2,1H3,(H,32,33,39,40)/t18?,20-,21+,23-,24-,25+. The van der Waals surface area contributed by atoms with Crippen LogP contribution in [0, 0.1) is 23.7 Å². The summed E-state index contributed by atoms with van der Waals surface area (Å²) in [4.78, 5) is 48.2. The summed E-state index contributed by atoms with van der Waals surface area (Å²) >= 11 is 0. The van der Waals surface area contributed by atoms with Crippen LogP contribution in [0.5, 0.6) is 0 Å². The summed E-state index contributed by atoms with van der Waals surface area (Å²) in [6, 6.07) is 9.91. The highest BCUT2D eigenvalue weighted by Gasteiger charge is 2.55. The number of piperazine rings is 1. The van der Waals surface area contributed by atoms with Crippen molar-refractivity contribution in [2.24, 2.45) is 35.1 Å². The molecule has 40 heavy (non-hydrogen) atoms. The maximum atomic E-state index is 12.8. The summed E-state index contributed by atoms with van der Waals surface area (Å²) in [5.41, 5.74) is 13.2. The summed E-state index contributed by atoms with van der Waals surface area (Å²) in [6.07, 6.45) is 4.08. The highest BCUT2D eigenvalue weighted by Crippen LogP contribution is 2.51. The smallest absolute Gasteiger partial charge is 0.339 e. The second-order valence-corrected chi connectivity index (χ2v) is 12.0. The Labute approximate surface area is 234 Å². The number of fused-ring (bicyclic) bond motifs is 1. The van der Waals surface area contributed by atoms with Crippen LogP contribution in [0.2, 0.25) is 0 Å². The number of nitrogens with two attached hydrogens (primary N) is 2. The van der Waals surface area contributed by atoms with Crippen molar-refractivity contribution < 1.29 is 9.59 Å². The molecule has 1 aromatic heterocycles. The number of hydrogen-bond donors (Lipinski definition) is 3. The van der Waals surface area contributed by atoms with Crippen molar-refractivity contribution >= 4 is 17.8 Å². The van der Waals surface area contributed by atoms with Crippen LogP contribution in [0.25, 0.3) is 5.69 Å². The summed E-state index contributed by atoms with van der Waals surface area (Å²) in [7, 11) is 0. The molecule has 2 aromatic rings. The molecule has 0 radical (unpaired) electrons. The van der Waals surface area contributed by atoms with Gasteiger partial charge in [-0.15, -0.1) is 0 Å². The monoisotopic (exact) mass is 548 g/mol. The van der Waals surface area contributed by atoms with Crippen molar-refractivity contribution in [2.45, 2.75) is 38.3 Å². The molecule has 2 saturated heterocycles. The van der Waals surface area contributed by atoms with Gasteiger partial charge in [0.25, 0.3) is 0 Å². The lowest BCUT2D eigenvalue weighted by Crippen LogP contribution is -2.55. The van der Waals surface area contributed by atoms with E-state index in [-0.39, 0.29) is 29.7 Å². The van der Waals surface area contributed by atoms with Crippen molar-refractivity contribution in [3.05, 3.63) is 52.6 Å². The van der Waals surface area contributed by atoms with Crippen LogP contribution < -0.4 is 22.5 Å². The SMILES string of the molecule is CC(Cc1ccc(-n2ccc(NC(=O)N3CCN(C(=O)[C@H]4C[C@@H](N)C4)CC3)nc2=O)cc1)N1C[C@@H]2[C@@H](CN)[C@@H]2C1. The van der Waals surface area contributed by atoms with Crippen LogP contribution >= 0.6 is 0 Å². The van der Waals surface area contributed by atoms with E-state index in [0.717, 1.165) is 62.3 Å². The first kappa shape index (κ1) is 26.9. The molecule has 214 valence electrons. The molecule has 0 spiro atoms. The molecule has 11 nitrogen and oxygen atoms in total. The van der Waals surface area contributed by atoms with E-state index < -0.39 is 5.69 Å². The lowest BCUT2D eigenvalue weighted by Gasteiger charge is -2.39. The van der Waals surface area contributed by atoms with Crippen LogP contribution in [0.15, 0.2) is 41.3 Å². The first-order valence-corrected chi connectivity index (χ1v) is 14.5. The number of benzene rings is 1. The molecule has 4 atom stereocenters. The molecule has 0 bridgehead atoms. The fourth-order valence-electron chi connectivity index (χ4n) is 6.76. The predicted molar refractivity (Wildman–Crippen MR) is 152 cm³/mol. The molecule has 4 fully saturated rings. The van der Waals surface area contributed by atoms with E-state index in [1.165, 1.54) is 10.1 Å². The van der Waals surface area contributed by atoms with E-state index in [2.05, 4.69) is 34.3 Å². The second-order valence-electron chi connectivity index (χ2n) is 12.0. The summed E-state index contributed by atoms with van der Waals surface area (Å²) in [6.45, 7) is 7.27. The minimum Gasteiger partial charge on any atom is -0.339 e. The number of anilines is 1. The quantitative estimate of drug-likeness (QED) is 0.463. The second kappa shape index (κ2) is 10.9. The molecule has 2 aliphatic carbocycles. The Hall–Kier alpha value is -3.28. The van der Waals surface area contributed by atoms with Crippen LogP contribution in [0.1, 0.15) is 25.3 Å². The number of nitrogens with zero attached hydrogens (tertiary/aromatic N) is 5. The maximum absolute atomic E-state index is 12.8. The average molecular weight is 549 g/mol. The van der Waals surface area contributed by atoms with Gasteiger partial charge in [-0.05, 0) is 74.2 Å². The largest absolute Gasteiger partial charge is 0.354 e. The van der Waals surface area contributed by atoms with Crippen molar-refractivity contribution in [3.63, 3.8) is 0 Å². The van der Waals surface area contributed by atoms with Crippen molar-refractivity contribution in [1.82, 2.24) is 24.3 Å². The molecule has 6 rings (SSSR count). The zero-order chi connectivity index (χ0) is 28.0. The lowest BCUT2D eigenvalue weighted by atomic mass is 9.80. The molecule has 1 aromatic carbocycles. The van der Waals surface area contributed by atoms with E-state index in [1.807, 2.05) is 17.0 Å². The Balaban J connectivity index is 0.994. The average Bonchev–Trinajstić information content (AvgIpc) is 3.41. The summed E-state index contributed by atoms with van der Waals surface area (Å²) in [5.74, 6) is 2.69. The third-order valence-corrected chi connectivity index (χ3v) is 9.48. The van der Waals surface area contributed by atoms with Gasteiger partial charge < -0.3 is 21.3 Å². The van der Waals surface area contributed by atoms with Crippen LogP contribution in [0.3, 0.4) is 0 Å². The van der Waals surface area contributed by atoms with E-state index >= 15 is 0 Å². The first-order chi connectivity index (χ1) is 19.3. The Morgan fingerprint density at radius 3 is 2.27 bits per heavy atom. The Morgan fingerprint density at radius 2 is 1.68 bits per heavy atom. The van der Waals surface area contributed by atoms with Gasteiger partial charge in [-0.2, -0.15) is 4.98 Å². The number of likely N-dealkylation sites (tertiary alicyclic amines) is 1. The maximum Gasteiger partial charge on any atom is 0.354 e. The molecule has 2 aliphatic heterocycles. The number of aromatic nitrogens is 2.